The van der Waals surface area contributed by atoms with Crippen molar-refractivity contribution < 1.29 is 38.8 Å². The standard InChI is InChI=1S/C37H63N3O8Si/c1-7-8-9-10-11-12-13-14-15-16-17-18-22-25-30(47-35(44)28-23-20-19-21-24-28)29(39-40-38)26-45-36-34(43)33(42)32(41)31(48-36)27-46-49(5,6)37(2,3)4/h19-25,29-34,36,41-43H,7-18,26-27H2,1-6H3/t29-,30+,31+,32+,33-,34-,36-/m0/s1. The lowest BCUT2D eigenvalue weighted by atomic mass is 9.99. The molecule has 1 aromatic rings. The first kappa shape index (κ1) is 42.9. The van der Waals surface area contributed by atoms with Crippen LogP contribution in [-0.2, 0) is 18.6 Å². The Balaban J connectivity index is 2.03. The van der Waals surface area contributed by atoms with Gasteiger partial charge < -0.3 is 34.0 Å². The molecule has 49 heavy (non-hydrogen) atoms. The number of ether oxygens (including phenoxy) is 3. The van der Waals surface area contributed by atoms with Crippen LogP contribution in [-0.4, -0.2) is 85.7 Å². The van der Waals surface area contributed by atoms with E-state index in [1.165, 1.54) is 57.8 Å². The number of rotatable bonds is 23. The van der Waals surface area contributed by atoms with Gasteiger partial charge in [0.15, 0.2) is 14.6 Å². The summed E-state index contributed by atoms with van der Waals surface area (Å²) >= 11 is 0. The number of allylic oxidation sites excluding steroid dienone is 1. The quantitative estimate of drug-likeness (QED) is 0.0196. The van der Waals surface area contributed by atoms with E-state index in [9.17, 15) is 25.6 Å². The molecule has 1 heterocycles. The van der Waals surface area contributed by atoms with Crippen molar-refractivity contribution >= 4 is 14.3 Å². The van der Waals surface area contributed by atoms with Gasteiger partial charge in [0.1, 0.15) is 36.6 Å². The van der Waals surface area contributed by atoms with Gasteiger partial charge in [0, 0.05) is 4.91 Å². The van der Waals surface area contributed by atoms with Crippen LogP contribution >= 0.6 is 0 Å². The van der Waals surface area contributed by atoms with Gasteiger partial charge in [0.2, 0.25) is 0 Å². The molecule has 0 unspecified atom stereocenters. The molecule has 1 aliphatic rings. The molecule has 12 heteroatoms. The largest absolute Gasteiger partial charge is 0.454 e. The zero-order valence-electron chi connectivity index (χ0n) is 30.7. The number of carbonyl (C=O) groups excluding carboxylic acids is 1. The molecule has 0 spiro atoms. The van der Waals surface area contributed by atoms with Crippen molar-refractivity contribution in [1.82, 2.24) is 0 Å². The molecule has 278 valence electrons. The Morgan fingerprint density at radius 3 is 2.12 bits per heavy atom. The molecule has 3 N–H and O–H groups in total. The average Bonchev–Trinajstić information content (AvgIpc) is 3.07. The number of carbonyl (C=O) groups is 1. The molecule has 2 rings (SSSR count). The Kier molecular flexibility index (Phi) is 19.7. The van der Waals surface area contributed by atoms with Gasteiger partial charge in [-0.1, -0.05) is 121 Å². The van der Waals surface area contributed by atoms with Gasteiger partial charge in [-0.05, 0) is 54.7 Å². The Morgan fingerprint density at radius 2 is 1.55 bits per heavy atom. The van der Waals surface area contributed by atoms with Crippen LogP contribution in [0.3, 0.4) is 0 Å². The zero-order valence-corrected chi connectivity index (χ0v) is 31.7. The number of unbranched alkanes of at least 4 members (excludes halogenated alkanes) is 11. The number of esters is 1. The van der Waals surface area contributed by atoms with E-state index in [1.54, 1.807) is 36.4 Å². The maximum atomic E-state index is 13.0. The summed E-state index contributed by atoms with van der Waals surface area (Å²) in [7, 11) is -2.21. The normalized spacial score (nSPS) is 22.8. The summed E-state index contributed by atoms with van der Waals surface area (Å²) in [6.07, 6.45) is 10.3. The second-order valence-corrected chi connectivity index (χ2v) is 19.5. The van der Waals surface area contributed by atoms with Crippen LogP contribution in [0.2, 0.25) is 18.1 Å². The van der Waals surface area contributed by atoms with E-state index < -0.39 is 57.1 Å². The minimum Gasteiger partial charge on any atom is -0.454 e. The third kappa shape index (κ3) is 15.2. The maximum absolute atomic E-state index is 13.0. The van der Waals surface area contributed by atoms with Gasteiger partial charge >= 0.3 is 5.97 Å². The van der Waals surface area contributed by atoms with Crippen LogP contribution in [0.5, 0.6) is 0 Å². The van der Waals surface area contributed by atoms with Crippen LogP contribution in [0.15, 0.2) is 47.6 Å². The highest BCUT2D eigenvalue weighted by molar-refractivity contribution is 6.74. The van der Waals surface area contributed by atoms with Gasteiger partial charge in [0.05, 0.1) is 18.8 Å². The first-order chi connectivity index (χ1) is 23.3. The number of hydrogen-bond acceptors (Lipinski definition) is 9. The van der Waals surface area contributed by atoms with Crippen molar-refractivity contribution in [3.8, 4) is 0 Å². The number of benzene rings is 1. The number of nitrogens with zero attached hydrogens (tertiary/aromatic N) is 3. The van der Waals surface area contributed by atoms with Crippen molar-refractivity contribution in [2.75, 3.05) is 13.2 Å². The van der Waals surface area contributed by atoms with E-state index in [0.29, 0.717) is 5.56 Å². The summed E-state index contributed by atoms with van der Waals surface area (Å²) in [5.74, 6) is -0.585. The predicted molar refractivity (Wildman–Crippen MR) is 195 cm³/mol. The van der Waals surface area contributed by atoms with E-state index >= 15 is 0 Å². The summed E-state index contributed by atoms with van der Waals surface area (Å²) in [4.78, 5) is 16.0. The Morgan fingerprint density at radius 1 is 0.959 bits per heavy atom. The first-order valence-electron chi connectivity index (χ1n) is 18.2. The van der Waals surface area contributed by atoms with Gasteiger partial charge in [-0.3, -0.25) is 0 Å². The predicted octanol–water partition coefficient (Wildman–Crippen LogP) is 7.99. The van der Waals surface area contributed by atoms with Gasteiger partial charge in [0.25, 0.3) is 0 Å². The minimum atomic E-state index is -2.21. The molecule has 0 aliphatic carbocycles. The third-order valence-electron chi connectivity index (χ3n) is 9.65. The number of aliphatic hydroxyl groups is 3. The second-order valence-electron chi connectivity index (χ2n) is 14.7. The molecule has 0 saturated carbocycles. The average molecular weight is 706 g/mol. The fourth-order valence-corrected chi connectivity index (χ4v) is 6.34. The van der Waals surface area contributed by atoms with Crippen LogP contribution in [0.1, 0.15) is 115 Å². The van der Waals surface area contributed by atoms with Crippen LogP contribution in [0.25, 0.3) is 10.4 Å². The van der Waals surface area contributed by atoms with Gasteiger partial charge in [-0.2, -0.15) is 0 Å². The number of aliphatic hydroxyl groups excluding tert-OH is 3. The molecule has 0 radical (unpaired) electrons. The van der Waals surface area contributed by atoms with Gasteiger partial charge in [-0.15, -0.1) is 0 Å². The number of azide groups is 1. The summed E-state index contributed by atoms with van der Waals surface area (Å²) in [5, 5.41) is 35.7. The molecule has 1 saturated heterocycles. The minimum absolute atomic E-state index is 0.000173. The lowest BCUT2D eigenvalue weighted by Crippen LogP contribution is -2.60. The van der Waals surface area contributed by atoms with Gasteiger partial charge in [-0.25, -0.2) is 4.79 Å². The molecule has 0 bridgehead atoms. The highest BCUT2D eigenvalue weighted by Crippen LogP contribution is 2.37. The first-order valence-corrected chi connectivity index (χ1v) is 21.1. The van der Waals surface area contributed by atoms with E-state index in [0.717, 1.165) is 19.3 Å². The SMILES string of the molecule is CCCCCCCCCCCCCC=C[C@@H](OC(=O)c1ccccc1)[C@H](CO[C@H]1O[C@H](CO[Si](C)(C)C(C)(C)C)[C@@H](O)[C@H](O)[C@@H]1O)N=[N+]=[N-]. The van der Waals surface area contributed by atoms with E-state index in [4.69, 9.17) is 18.6 Å². The van der Waals surface area contributed by atoms with E-state index in [2.05, 4.69) is 50.8 Å². The maximum Gasteiger partial charge on any atom is 0.338 e. The topological polar surface area (TPSA) is 163 Å². The second kappa shape index (κ2) is 22.5. The molecule has 7 atom stereocenters. The molecule has 11 nitrogen and oxygen atoms in total. The molecule has 0 aromatic heterocycles. The fraction of sp³-hybridized carbons (Fsp3) is 0.757. The van der Waals surface area contributed by atoms with Crippen molar-refractivity contribution in [2.45, 2.75) is 166 Å². The van der Waals surface area contributed by atoms with Crippen molar-refractivity contribution in [2.24, 2.45) is 5.11 Å². The highest BCUT2D eigenvalue weighted by Gasteiger charge is 2.46. The lowest BCUT2D eigenvalue weighted by molar-refractivity contribution is -0.301. The molecule has 1 fully saturated rings. The fourth-order valence-electron chi connectivity index (χ4n) is 5.32. The molecular formula is C37H63N3O8Si. The lowest BCUT2D eigenvalue weighted by Gasteiger charge is -2.43. The molecular weight excluding hydrogens is 643 g/mol. The van der Waals surface area contributed by atoms with Crippen molar-refractivity contribution in [3.05, 3.63) is 58.5 Å². The van der Waals surface area contributed by atoms with Crippen LogP contribution in [0.4, 0.5) is 0 Å². The summed E-state index contributed by atoms with van der Waals surface area (Å²) in [6, 6.07) is 7.53. The Bertz CT molecular complexity index is 1140. The van der Waals surface area contributed by atoms with Crippen molar-refractivity contribution in [1.29, 1.82) is 0 Å². The Labute approximate surface area is 295 Å². The van der Waals surface area contributed by atoms with Crippen LogP contribution in [0, 0.1) is 0 Å². The van der Waals surface area contributed by atoms with E-state index in [-0.39, 0.29) is 18.3 Å². The molecule has 0 amide bonds. The van der Waals surface area contributed by atoms with Crippen LogP contribution < -0.4 is 0 Å². The van der Waals surface area contributed by atoms with Crippen molar-refractivity contribution in [3.63, 3.8) is 0 Å². The monoisotopic (exact) mass is 705 g/mol. The zero-order chi connectivity index (χ0) is 36.3. The Hall–Kier alpha value is -2.28. The molecule has 1 aromatic carbocycles. The molecule has 1 aliphatic heterocycles. The summed E-state index contributed by atoms with van der Waals surface area (Å²) in [6.45, 7) is 12.3. The number of hydrogen-bond donors (Lipinski definition) is 3. The highest BCUT2D eigenvalue weighted by atomic mass is 28.4. The third-order valence-corrected chi connectivity index (χ3v) is 14.1. The smallest absolute Gasteiger partial charge is 0.338 e. The van der Waals surface area contributed by atoms with E-state index in [1.807, 2.05) is 6.08 Å². The summed E-state index contributed by atoms with van der Waals surface area (Å²) in [5.41, 5.74) is 9.76. The summed E-state index contributed by atoms with van der Waals surface area (Å²) < 4.78 is 23.8.